The summed E-state index contributed by atoms with van der Waals surface area (Å²) in [5.74, 6) is 1.79. The van der Waals surface area contributed by atoms with Gasteiger partial charge in [0, 0.05) is 12.6 Å². The highest BCUT2D eigenvalue weighted by Gasteiger charge is 2.22. The molecule has 0 aliphatic carbocycles. The van der Waals surface area contributed by atoms with Crippen LogP contribution in [0.2, 0.25) is 0 Å². The summed E-state index contributed by atoms with van der Waals surface area (Å²) in [6, 6.07) is 9.11. The summed E-state index contributed by atoms with van der Waals surface area (Å²) < 4.78 is 5.19. The Balaban J connectivity index is 1.72. The van der Waals surface area contributed by atoms with E-state index >= 15 is 0 Å². The van der Waals surface area contributed by atoms with Gasteiger partial charge in [-0.1, -0.05) is 12.1 Å². The number of nitrogens with one attached hydrogen (secondary N) is 1. The number of nitrogens with zero attached hydrogens (tertiary/aromatic N) is 1. The van der Waals surface area contributed by atoms with Crippen LogP contribution in [0.25, 0.3) is 0 Å². The molecule has 1 fully saturated rings. The molecule has 1 atom stereocenters. The minimum Gasteiger partial charge on any atom is -0.497 e. The maximum Gasteiger partial charge on any atom is 0.118 e. The molecule has 3 nitrogen and oxygen atoms in total. The highest BCUT2D eigenvalue weighted by molar-refractivity contribution is 5.27. The average molecular weight is 276 g/mol. The summed E-state index contributed by atoms with van der Waals surface area (Å²) in [6.07, 6.45) is 3.78. The van der Waals surface area contributed by atoms with Crippen molar-refractivity contribution in [3.8, 4) is 5.75 Å². The number of piperidine rings is 1. The zero-order valence-electron chi connectivity index (χ0n) is 13.1. The van der Waals surface area contributed by atoms with E-state index in [1.54, 1.807) is 7.11 Å². The van der Waals surface area contributed by atoms with Crippen LogP contribution in [0.1, 0.15) is 25.3 Å². The number of hydrogen-bond donors (Lipinski definition) is 1. The molecule has 1 heterocycles. The Labute approximate surface area is 123 Å². The molecule has 2 rings (SSSR count). The smallest absolute Gasteiger partial charge is 0.118 e. The zero-order chi connectivity index (χ0) is 14.4. The zero-order valence-corrected chi connectivity index (χ0v) is 13.1. The number of rotatable bonds is 6. The Bertz CT molecular complexity index is 382. The first-order valence-corrected chi connectivity index (χ1v) is 7.75. The number of ether oxygens (including phenoxy) is 1. The van der Waals surface area contributed by atoms with E-state index in [-0.39, 0.29) is 0 Å². The number of hydrogen-bond acceptors (Lipinski definition) is 3. The maximum absolute atomic E-state index is 5.19. The minimum absolute atomic E-state index is 0.652. The van der Waals surface area contributed by atoms with Gasteiger partial charge in [0.2, 0.25) is 0 Å². The largest absolute Gasteiger partial charge is 0.497 e. The van der Waals surface area contributed by atoms with Crippen molar-refractivity contribution in [2.24, 2.45) is 5.92 Å². The van der Waals surface area contributed by atoms with E-state index in [1.807, 2.05) is 0 Å². The summed E-state index contributed by atoms with van der Waals surface area (Å²) in [6.45, 7) is 5.96. The Morgan fingerprint density at radius 2 is 1.90 bits per heavy atom. The van der Waals surface area contributed by atoms with Gasteiger partial charge in [0.05, 0.1) is 7.11 Å². The summed E-state index contributed by atoms with van der Waals surface area (Å²) in [4.78, 5) is 2.60. The third kappa shape index (κ3) is 4.22. The van der Waals surface area contributed by atoms with E-state index in [0.717, 1.165) is 18.1 Å². The normalized spacial score (nSPS) is 18.9. The molecule has 0 aromatic heterocycles. The third-order valence-corrected chi connectivity index (χ3v) is 4.67. The van der Waals surface area contributed by atoms with Crippen LogP contribution in [0, 0.1) is 5.92 Å². The summed E-state index contributed by atoms with van der Waals surface area (Å²) in [5.41, 5.74) is 1.40. The standard InChI is InChI=1S/C17H28N2O/c1-14(18-2)16-9-12-19(13-10-16)11-8-15-4-6-17(20-3)7-5-15/h4-7,14,16,18H,8-13H2,1-3H3. The highest BCUT2D eigenvalue weighted by Crippen LogP contribution is 2.20. The second-order valence-electron chi connectivity index (χ2n) is 5.85. The molecule has 0 saturated carbocycles. The molecule has 0 spiro atoms. The Hall–Kier alpha value is -1.06. The maximum atomic E-state index is 5.19. The van der Waals surface area contributed by atoms with E-state index in [9.17, 15) is 0 Å². The molecule has 1 saturated heterocycles. The van der Waals surface area contributed by atoms with E-state index in [0.29, 0.717) is 6.04 Å². The van der Waals surface area contributed by atoms with Gasteiger partial charge in [-0.2, -0.15) is 0 Å². The lowest BCUT2D eigenvalue weighted by molar-refractivity contribution is 0.166. The lowest BCUT2D eigenvalue weighted by atomic mass is 9.90. The van der Waals surface area contributed by atoms with Gasteiger partial charge in [-0.15, -0.1) is 0 Å². The number of likely N-dealkylation sites (tertiary alicyclic amines) is 1. The van der Waals surface area contributed by atoms with Crippen molar-refractivity contribution in [2.45, 2.75) is 32.2 Å². The minimum atomic E-state index is 0.652. The van der Waals surface area contributed by atoms with Gasteiger partial charge in [0.25, 0.3) is 0 Å². The van der Waals surface area contributed by atoms with Crippen LogP contribution < -0.4 is 10.1 Å². The Morgan fingerprint density at radius 3 is 2.45 bits per heavy atom. The molecule has 1 aliphatic rings. The van der Waals surface area contributed by atoms with Crippen molar-refractivity contribution in [2.75, 3.05) is 33.8 Å². The molecule has 0 amide bonds. The van der Waals surface area contributed by atoms with E-state index in [1.165, 1.54) is 38.0 Å². The summed E-state index contributed by atoms with van der Waals surface area (Å²) >= 11 is 0. The van der Waals surface area contributed by atoms with Gasteiger partial charge in [-0.25, -0.2) is 0 Å². The topological polar surface area (TPSA) is 24.5 Å². The molecule has 1 aromatic carbocycles. The van der Waals surface area contributed by atoms with Crippen LogP contribution in [0.5, 0.6) is 5.75 Å². The molecular weight excluding hydrogens is 248 g/mol. The fourth-order valence-electron chi connectivity index (χ4n) is 2.99. The monoisotopic (exact) mass is 276 g/mol. The lowest BCUT2D eigenvalue weighted by Crippen LogP contribution is -2.41. The van der Waals surface area contributed by atoms with Crippen LogP contribution in [0.15, 0.2) is 24.3 Å². The molecule has 1 aliphatic heterocycles. The summed E-state index contributed by atoms with van der Waals surface area (Å²) in [7, 11) is 3.78. The van der Waals surface area contributed by atoms with Gasteiger partial charge in [0.15, 0.2) is 0 Å². The SMILES string of the molecule is CNC(C)C1CCN(CCc2ccc(OC)cc2)CC1. The van der Waals surface area contributed by atoms with Crippen molar-refractivity contribution in [1.29, 1.82) is 0 Å². The van der Waals surface area contributed by atoms with Crippen molar-refractivity contribution in [3.05, 3.63) is 29.8 Å². The quantitative estimate of drug-likeness (QED) is 0.864. The first-order valence-electron chi connectivity index (χ1n) is 7.75. The molecule has 3 heteroatoms. The van der Waals surface area contributed by atoms with Crippen LogP contribution >= 0.6 is 0 Å². The van der Waals surface area contributed by atoms with Crippen LogP contribution in [-0.4, -0.2) is 44.7 Å². The van der Waals surface area contributed by atoms with Crippen molar-refractivity contribution >= 4 is 0 Å². The number of benzene rings is 1. The molecule has 0 radical (unpaired) electrons. The second-order valence-corrected chi connectivity index (χ2v) is 5.85. The Kier molecular flexibility index (Phi) is 5.86. The van der Waals surface area contributed by atoms with Crippen molar-refractivity contribution < 1.29 is 4.74 Å². The van der Waals surface area contributed by atoms with Gasteiger partial charge >= 0.3 is 0 Å². The third-order valence-electron chi connectivity index (χ3n) is 4.67. The van der Waals surface area contributed by atoms with E-state index in [4.69, 9.17) is 4.74 Å². The van der Waals surface area contributed by atoms with Gasteiger partial charge < -0.3 is 15.0 Å². The average Bonchev–Trinajstić information content (AvgIpc) is 2.53. The first kappa shape index (κ1) is 15.3. The first-order chi connectivity index (χ1) is 9.72. The molecule has 1 unspecified atom stereocenters. The predicted molar refractivity (Wildman–Crippen MR) is 84.4 cm³/mol. The fourth-order valence-corrected chi connectivity index (χ4v) is 2.99. The highest BCUT2D eigenvalue weighted by atomic mass is 16.5. The second kappa shape index (κ2) is 7.65. The lowest BCUT2D eigenvalue weighted by Gasteiger charge is -2.34. The van der Waals surface area contributed by atoms with Gasteiger partial charge in [-0.05, 0) is 69.9 Å². The molecule has 1 aromatic rings. The predicted octanol–water partition coefficient (Wildman–Crippen LogP) is 2.56. The van der Waals surface area contributed by atoms with Gasteiger partial charge in [0.1, 0.15) is 5.75 Å². The van der Waals surface area contributed by atoms with Crippen molar-refractivity contribution in [1.82, 2.24) is 10.2 Å². The van der Waals surface area contributed by atoms with Crippen molar-refractivity contribution in [3.63, 3.8) is 0 Å². The van der Waals surface area contributed by atoms with Crippen LogP contribution in [-0.2, 0) is 6.42 Å². The van der Waals surface area contributed by atoms with E-state index < -0.39 is 0 Å². The van der Waals surface area contributed by atoms with E-state index in [2.05, 4.69) is 48.5 Å². The fraction of sp³-hybridized carbons (Fsp3) is 0.647. The molecule has 0 bridgehead atoms. The number of methoxy groups -OCH3 is 1. The summed E-state index contributed by atoms with van der Waals surface area (Å²) in [5, 5.41) is 3.39. The molecular formula is C17H28N2O. The molecule has 112 valence electrons. The van der Waals surface area contributed by atoms with Crippen LogP contribution in [0.3, 0.4) is 0 Å². The Morgan fingerprint density at radius 1 is 1.25 bits per heavy atom. The van der Waals surface area contributed by atoms with Gasteiger partial charge in [-0.3, -0.25) is 0 Å². The molecule has 1 N–H and O–H groups in total. The van der Waals surface area contributed by atoms with Crippen LogP contribution in [0.4, 0.5) is 0 Å². The molecule has 20 heavy (non-hydrogen) atoms.